The smallest absolute Gasteiger partial charge is 0.336 e. The summed E-state index contributed by atoms with van der Waals surface area (Å²) in [5.41, 5.74) is 0.691. The average Bonchev–Trinajstić information content (AvgIpc) is 2.67. The molecule has 0 aromatic heterocycles. The summed E-state index contributed by atoms with van der Waals surface area (Å²) in [6, 6.07) is 25.5. The zero-order chi connectivity index (χ0) is 18.5. The third-order valence-corrected chi connectivity index (χ3v) is 4.02. The molecule has 0 aliphatic carbocycles. The van der Waals surface area contributed by atoms with E-state index in [1.165, 1.54) is 0 Å². The third kappa shape index (κ3) is 3.70. The molecule has 0 radical (unpaired) electrons. The highest BCUT2D eigenvalue weighted by atomic mass is 16.4. The van der Waals surface area contributed by atoms with E-state index >= 15 is 0 Å². The van der Waals surface area contributed by atoms with Crippen molar-refractivity contribution in [2.24, 2.45) is 0 Å². The summed E-state index contributed by atoms with van der Waals surface area (Å²) in [6.07, 6.45) is 0. The lowest BCUT2D eigenvalue weighted by Crippen LogP contribution is -1.96. The number of carboxylic acid groups (broad SMARTS) is 2. The molecule has 4 aromatic carbocycles. The number of carbonyl (C=O) groups is 2. The average molecular weight is 344 g/mol. The monoisotopic (exact) mass is 344 g/mol. The van der Waals surface area contributed by atoms with Gasteiger partial charge in [-0.05, 0) is 39.7 Å². The van der Waals surface area contributed by atoms with Crippen LogP contribution in [-0.2, 0) is 0 Å². The highest BCUT2D eigenvalue weighted by Crippen LogP contribution is 2.18. The summed E-state index contributed by atoms with van der Waals surface area (Å²) < 4.78 is 0. The molecule has 0 saturated heterocycles. The van der Waals surface area contributed by atoms with Gasteiger partial charge in [0, 0.05) is 0 Å². The van der Waals surface area contributed by atoms with Gasteiger partial charge in [-0.15, -0.1) is 0 Å². The Hall–Kier alpha value is -3.66. The van der Waals surface area contributed by atoms with Gasteiger partial charge in [0.15, 0.2) is 0 Å². The molecule has 4 nitrogen and oxygen atoms in total. The van der Waals surface area contributed by atoms with E-state index in [4.69, 9.17) is 10.2 Å². The zero-order valence-corrected chi connectivity index (χ0v) is 13.8. The second-order valence-corrected chi connectivity index (χ2v) is 5.70. The summed E-state index contributed by atoms with van der Waals surface area (Å²) in [6.45, 7) is 0. The fourth-order valence-corrected chi connectivity index (χ4v) is 2.73. The van der Waals surface area contributed by atoms with Crippen LogP contribution in [0.15, 0.2) is 84.9 Å². The molecule has 0 heterocycles. The summed E-state index contributed by atoms with van der Waals surface area (Å²) in [5, 5.41) is 21.4. The molecule has 0 amide bonds. The number of rotatable bonds is 2. The van der Waals surface area contributed by atoms with E-state index in [0.29, 0.717) is 11.1 Å². The molecule has 4 aromatic rings. The molecule has 0 atom stereocenters. The van der Waals surface area contributed by atoms with Gasteiger partial charge >= 0.3 is 11.9 Å². The van der Waals surface area contributed by atoms with Crippen molar-refractivity contribution in [1.29, 1.82) is 0 Å². The summed E-state index contributed by atoms with van der Waals surface area (Å²) >= 11 is 0. The fraction of sp³-hybridized carbons (Fsp3) is 0. The van der Waals surface area contributed by atoms with E-state index in [1.54, 1.807) is 24.3 Å². The minimum atomic E-state index is -0.884. The van der Waals surface area contributed by atoms with Gasteiger partial charge in [-0.2, -0.15) is 0 Å². The minimum Gasteiger partial charge on any atom is -0.478 e. The van der Waals surface area contributed by atoms with Crippen LogP contribution in [0.2, 0.25) is 0 Å². The lowest BCUT2D eigenvalue weighted by atomic mass is 10.1. The van der Waals surface area contributed by atoms with Crippen molar-refractivity contribution in [2.45, 2.75) is 0 Å². The second kappa shape index (κ2) is 7.49. The van der Waals surface area contributed by atoms with E-state index in [1.807, 2.05) is 60.7 Å². The Morgan fingerprint density at radius 2 is 1.19 bits per heavy atom. The van der Waals surface area contributed by atoms with Crippen LogP contribution in [0, 0.1) is 0 Å². The number of aromatic carboxylic acids is 2. The molecule has 0 bridgehead atoms. The van der Waals surface area contributed by atoms with E-state index < -0.39 is 11.9 Å². The maximum atomic E-state index is 10.8. The van der Waals surface area contributed by atoms with Crippen LogP contribution in [0.25, 0.3) is 21.5 Å². The molecule has 0 unspecified atom stereocenters. The number of benzene rings is 4. The topological polar surface area (TPSA) is 74.6 Å². The van der Waals surface area contributed by atoms with Crippen LogP contribution in [0.3, 0.4) is 0 Å². The molecule has 0 spiro atoms. The quantitative estimate of drug-likeness (QED) is 0.532. The Labute approximate surface area is 149 Å². The van der Waals surface area contributed by atoms with E-state index in [9.17, 15) is 9.59 Å². The standard InChI is InChI=1S/2C11H8O2/c12-11(13)10-7-3-5-8-4-1-2-6-9(8)10;12-11(13)10-6-5-8-3-1-2-4-9(8)7-10/h2*1-7H,(H,12,13). The van der Waals surface area contributed by atoms with Crippen LogP contribution in [0.5, 0.6) is 0 Å². The first-order valence-corrected chi connectivity index (χ1v) is 7.99. The fourth-order valence-electron chi connectivity index (χ4n) is 2.73. The highest BCUT2D eigenvalue weighted by molar-refractivity contribution is 6.03. The Balaban J connectivity index is 0.000000151. The van der Waals surface area contributed by atoms with Crippen molar-refractivity contribution in [3.63, 3.8) is 0 Å². The Kier molecular flexibility index (Phi) is 4.94. The lowest BCUT2D eigenvalue weighted by molar-refractivity contribution is 0.0687. The SMILES string of the molecule is O=C(O)c1ccc2ccccc2c1.O=C(O)c1cccc2ccccc12. The first-order valence-electron chi connectivity index (χ1n) is 7.99. The predicted octanol–water partition coefficient (Wildman–Crippen LogP) is 5.08. The van der Waals surface area contributed by atoms with Crippen molar-refractivity contribution >= 4 is 33.5 Å². The normalized spacial score (nSPS) is 10.2. The van der Waals surface area contributed by atoms with Crippen molar-refractivity contribution in [1.82, 2.24) is 0 Å². The molecule has 128 valence electrons. The van der Waals surface area contributed by atoms with Gasteiger partial charge in [0.1, 0.15) is 0 Å². The van der Waals surface area contributed by atoms with Gasteiger partial charge < -0.3 is 10.2 Å². The van der Waals surface area contributed by atoms with Gasteiger partial charge in [-0.3, -0.25) is 0 Å². The Morgan fingerprint density at radius 1 is 0.577 bits per heavy atom. The minimum absolute atomic E-state index is 0.332. The molecular weight excluding hydrogens is 328 g/mol. The van der Waals surface area contributed by atoms with Crippen LogP contribution in [0.4, 0.5) is 0 Å². The molecule has 4 heteroatoms. The largest absolute Gasteiger partial charge is 0.478 e. The lowest BCUT2D eigenvalue weighted by Gasteiger charge is -2.00. The van der Waals surface area contributed by atoms with Gasteiger partial charge in [0.2, 0.25) is 0 Å². The first kappa shape index (κ1) is 17.2. The number of hydrogen-bond acceptors (Lipinski definition) is 2. The molecule has 2 N–H and O–H groups in total. The van der Waals surface area contributed by atoms with E-state index in [-0.39, 0.29) is 0 Å². The highest BCUT2D eigenvalue weighted by Gasteiger charge is 2.06. The Morgan fingerprint density at radius 3 is 1.88 bits per heavy atom. The Bertz CT molecular complexity index is 1090. The summed E-state index contributed by atoms with van der Waals surface area (Å²) in [7, 11) is 0. The molecule has 0 saturated carbocycles. The van der Waals surface area contributed by atoms with E-state index in [2.05, 4.69) is 0 Å². The third-order valence-electron chi connectivity index (χ3n) is 4.02. The van der Waals surface area contributed by atoms with Gasteiger partial charge in [0.25, 0.3) is 0 Å². The summed E-state index contributed by atoms with van der Waals surface area (Å²) in [5.74, 6) is -1.76. The molecule has 0 aliphatic heterocycles. The van der Waals surface area contributed by atoms with Gasteiger partial charge in [-0.1, -0.05) is 66.7 Å². The maximum Gasteiger partial charge on any atom is 0.336 e. The van der Waals surface area contributed by atoms with E-state index in [0.717, 1.165) is 21.5 Å². The van der Waals surface area contributed by atoms with Crippen molar-refractivity contribution in [3.8, 4) is 0 Å². The molecule has 4 rings (SSSR count). The number of hydrogen-bond donors (Lipinski definition) is 2. The number of carboxylic acids is 2. The van der Waals surface area contributed by atoms with Gasteiger partial charge in [-0.25, -0.2) is 9.59 Å². The predicted molar refractivity (Wildman–Crippen MR) is 102 cm³/mol. The molecule has 26 heavy (non-hydrogen) atoms. The van der Waals surface area contributed by atoms with Crippen molar-refractivity contribution in [3.05, 3.63) is 96.1 Å². The summed E-state index contributed by atoms with van der Waals surface area (Å²) in [4.78, 5) is 21.5. The molecular formula is C22H16O4. The maximum absolute atomic E-state index is 10.8. The zero-order valence-electron chi connectivity index (χ0n) is 13.8. The number of fused-ring (bicyclic) bond motifs is 2. The van der Waals surface area contributed by atoms with Crippen molar-refractivity contribution < 1.29 is 19.8 Å². The first-order chi connectivity index (χ1) is 12.6. The van der Waals surface area contributed by atoms with Crippen LogP contribution < -0.4 is 0 Å². The van der Waals surface area contributed by atoms with Crippen molar-refractivity contribution in [2.75, 3.05) is 0 Å². The van der Waals surface area contributed by atoms with Gasteiger partial charge in [0.05, 0.1) is 11.1 Å². The van der Waals surface area contributed by atoms with Crippen LogP contribution >= 0.6 is 0 Å². The second-order valence-electron chi connectivity index (χ2n) is 5.70. The van der Waals surface area contributed by atoms with Crippen LogP contribution in [-0.4, -0.2) is 22.2 Å². The van der Waals surface area contributed by atoms with Crippen LogP contribution in [0.1, 0.15) is 20.7 Å². The molecule has 0 aliphatic rings. The molecule has 0 fully saturated rings.